The Labute approximate surface area is 144 Å². The first kappa shape index (κ1) is 18.1. The highest BCUT2D eigenvalue weighted by atomic mass is 35.5. The molecule has 0 spiro atoms. The average Bonchev–Trinajstić information content (AvgIpc) is 3.32. The van der Waals surface area contributed by atoms with Crippen LogP contribution in [0.15, 0.2) is 18.2 Å². The van der Waals surface area contributed by atoms with Crippen molar-refractivity contribution in [1.82, 2.24) is 4.90 Å². The Kier molecular flexibility index (Phi) is 6.72. The van der Waals surface area contributed by atoms with Crippen molar-refractivity contribution in [3.8, 4) is 5.75 Å². The molecule has 0 atom stereocenters. The zero-order valence-electron chi connectivity index (χ0n) is 14.3. The third-order valence-electron chi connectivity index (χ3n) is 4.12. The van der Waals surface area contributed by atoms with Crippen LogP contribution in [0.3, 0.4) is 0 Å². The van der Waals surface area contributed by atoms with E-state index in [2.05, 4.69) is 24.1 Å². The molecule has 0 aromatic heterocycles. The summed E-state index contributed by atoms with van der Waals surface area (Å²) in [7, 11) is 1.58. The van der Waals surface area contributed by atoms with Gasteiger partial charge in [-0.3, -0.25) is 9.69 Å². The summed E-state index contributed by atoms with van der Waals surface area (Å²) in [5.74, 6) is 1.32. The van der Waals surface area contributed by atoms with E-state index in [0.29, 0.717) is 34.8 Å². The summed E-state index contributed by atoms with van der Waals surface area (Å²) in [6, 6.07) is 5.91. The summed E-state index contributed by atoms with van der Waals surface area (Å²) in [6.45, 7) is 6.37. The number of rotatable bonds is 9. The van der Waals surface area contributed by atoms with Crippen molar-refractivity contribution in [2.75, 3.05) is 25.5 Å². The van der Waals surface area contributed by atoms with Crippen LogP contribution in [0.5, 0.6) is 5.75 Å². The molecule has 0 heterocycles. The summed E-state index contributed by atoms with van der Waals surface area (Å²) in [6.07, 6.45) is 4.20. The molecule has 4 nitrogen and oxygen atoms in total. The number of ether oxygens (including phenoxy) is 1. The molecule has 1 aromatic rings. The van der Waals surface area contributed by atoms with Crippen LogP contribution in [-0.4, -0.2) is 37.0 Å². The minimum absolute atomic E-state index is 0.000707. The molecule has 1 saturated carbocycles. The summed E-state index contributed by atoms with van der Waals surface area (Å²) >= 11 is 5.99. The van der Waals surface area contributed by atoms with Gasteiger partial charge in [0, 0.05) is 24.0 Å². The lowest BCUT2D eigenvalue weighted by molar-refractivity contribution is -0.116. The normalized spacial score (nSPS) is 14.3. The van der Waals surface area contributed by atoms with Crippen LogP contribution >= 0.6 is 11.6 Å². The second-order valence-electron chi connectivity index (χ2n) is 6.59. The van der Waals surface area contributed by atoms with Gasteiger partial charge in [0.05, 0.1) is 12.8 Å². The van der Waals surface area contributed by atoms with E-state index in [1.54, 1.807) is 25.3 Å². The molecule has 0 aliphatic heterocycles. The van der Waals surface area contributed by atoms with E-state index in [9.17, 15) is 4.79 Å². The molecule has 0 bridgehead atoms. The molecule has 1 amide bonds. The monoisotopic (exact) mass is 338 g/mol. The number of carbonyl (C=O) groups excluding carboxylic acids is 1. The van der Waals surface area contributed by atoms with Crippen molar-refractivity contribution in [1.29, 1.82) is 0 Å². The number of hydrogen-bond acceptors (Lipinski definition) is 3. The fraction of sp³-hybridized carbons (Fsp3) is 0.611. The summed E-state index contributed by atoms with van der Waals surface area (Å²) < 4.78 is 5.26. The van der Waals surface area contributed by atoms with Crippen molar-refractivity contribution < 1.29 is 9.53 Å². The molecule has 1 aromatic carbocycles. The van der Waals surface area contributed by atoms with E-state index in [4.69, 9.17) is 16.3 Å². The summed E-state index contributed by atoms with van der Waals surface area (Å²) in [5.41, 5.74) is 0.630. The topological polar surface area (TPSA) is 41.6 Å². The summed E-state index contributed by atoms with van der Waals surface area (Å²) in [4.78, 5) is 14.7. The lowest BCUT2D eigenvalue weighted by Crippen LogP contribution is -2.31. The number of carbonyl (C=O) groups is 1. The highest BCUT2D eigenvalue weighted by Gasteiger charge is 2.28. The predicted octanol–water partition coefficient (Wildman–Crippen LogP) is 4.19. The van der Waals surface area contributed by atoms with Gasteiger partial charge in [0.25, 0.3) is 0 Å². The standard InChI is InChI=1S/C18H27ClN2O2/c1-13(2)8-10-21(15-5-6-15)11-9-18(22)20-16-12-14(19)4-7-17(16)23-3/h4,7,12-13,15H,5-6,8-11H2,1-3H3,(H,20,22). The molecule has 0 saturated heterocycles. The molecule has 0 unspecified atom stereocenters. The second-order valence-corrected chi connectivity index (χ2v) is 7.03. The molecule has 1 fully saturated rings. The third-order valence-corrected chi connectivity index (χ3v) is 4.35. The number of hydrogen-bond donors (Lipinski definition) is 1. The molecule has 2 rings (SSSR count). The smallest absolute Gasteiger partial charge is 0.225 e. The van der Waals surface area contributed by atoms with E-state index >= 15 is 0 Å². The number of anilines is 1. The molecule has 1 N–H and O–H groups in total. The van der Waals surface area contributed by atoms with Crippen LogP contribution in [0, 0.1) is 5.92 Å². The predicted molar refractivity (Wildman–Crippen MR) is 95.3 cm³/mol. The van der Waals surface area contributed by atoms with Gasteiger partial charge in [-0.25, -0.2) is 0 Å². The fourth-order valence-corrected chi connectivity index (χ4v) is 2.75. The van der Waals surface area contributed by atoms with Crippen LogP contribution in [0.25, 0.3) is 0 Å². The van der Waals surface area contributed by atoms with Gasteiger partial charge in [0.1, 0.15) is 5.75 Å². The summed E-state index contributed by atoms with van der Waals surface area (Å²) in [5, 5.41) is 3.49. The van der Waals surface area contributed by atoms with Gasteiger partial charge < -0.3 is 10.1 Å². The molecule has 23 heavy (non-hydrogen) atoms. The minimum Gasteiger partial charge on any atom is -0.495 e. The lowest BCUT2D eigenvalue weighted by Gasteiger charge is -2.22. The van der Waals surface area contributed by atoms with Crippen LogP contribution in [0.4, 0.5) is 5.69 Å². The average molecular weight is 339 g/mol. The molecule has 1 aliphatic rings. The Hall–Kier alpha value is -1.26. The van der Waals surface area contributed by atoms with Crippen LogP contribution in [-0.2, 0) is 4.79 Å². The van der Waals surface area contributed by atoms with Crippen molar-refractivity contribution >= 4 is 23.2 Å². The molecule has 128 valence electrons. The molecular weight excluding hydrogens is 312 g/mol. The van der Waals surface area contributed by atoms with E-state index in [1.807, 2.05) is 0 Å². The highest BCUT2D eigenvalue weighted by molar-refractivity contribution is 6.31. The zero-order valence-corrected chi connectivity index (χ0v) is 15.0. The van der Waals surface area contributed by atoms with Gasteiger partial charge in [-0.2, -0.15) is 0 Å². The second kappa shape index (κ2) is 8.55. The van der Waals surface area contributed by atoms with Crippen LogP contribution in [0.2, 0.25) is 5.02 Å². The number of nitrogens with one attached hydrogen (secondary N) is 1. The Bertz CT molecular complexity index is 530. The minimum atomic E-state index is 0.000707. The van der Waals surface area contributed by atoms with Crippen LogP contribution in [0.1, 0.15) is 39.5 Å². The largest absolute Gasteiger partial charge is 0.495 e. The zero-order chi connectivity index (χ0) is 16.8. The first-order chi connectivity index (χ1) is 11.0. The Morgan fingerprint density at radius 2 is 2.13 bits per heavy atom. The molecule has 1 aliphatic carbocycles. The van der Waals surface area contributed by atoms with Gasteiger partial charge in [-0.15, -0.1) is 0 Å². The fourth-order valence-electron chi connectivity index (χ4n) is 2.58. The Balaban J connectivity index is 1.85. The number of amides is 1. The van der Waals surface area contributed by atoms with Gasteiger partial charge in [-0.1, -0.05) is 25.4 Å². The van der Waals surface area contributed by atoms with Crippen molar-refractivity contribution in [2.24, 2.45) is 5.92 Å². The lowest BCUT2D eigenvalue weighted by atomic mass is 10.1. The SMILES string of the molecule is COc1ccc(Cl)cc1NC(=O)CCN(CCC(C)C)C1CC1. The molecule has 5 heteroatoms. The third kappa shape index (κ3) is 6.04. The van der Waals surface area contributed by atoms with E-state index < -0.39 is 0 Å². The molecular formula is C18H27ClN2O2. The Morgan fingerprint density at radius 3 is 2.74 bits per heavy atom. The number of methoxy groups -OCH3 is 1. The van der Waals surface area contributed by atoms with Gasteiger partial charge in [-0.05, 0) is 49.9 Å². The number of benzene rings is 1. The maximum Gasteiger partial charge on any atom is 0.225 e. The van der Waals surface area contributed by atoms with E-state index in [1.165, 1.54) is 19.3 Å². The van der Waals surface area contributed by atoms with Crippen molar-refractivity contribution in [3.05, 3.63) is 23.2 Å². The number of halogens is 1. The van der Waals surface area contributed by atoms with E-state index in [-0.39, 0.29) is 5.91 Å². The highest BCUT2D eigenvalue weighted by Crippen LogP contribution is 2.29. The maximum atomic E-state index is 12.2. The van der Waals surface area contributed by atoms with E-state index in [0.717, 1.165) is 13.1 Å². The van der Waals surface area contributed by atoms with Crippen molar-refractivity contribution in [2.45, 2.75) is 45.6 Å². The first-order valence-corrected chi connectivity index (χ1v) is 8.75. The van der Waals surface area contributed by atoms with Gasteiger partial charge >= 0.3 is 0 Å². The van der Waals surface area contributed by atoms with Gasteiger partial charge in [0.2, 0.25) is 5.91 Å². The quantitative estimate of drug-likeness (QED) is 0.734. The van der Waals surface area contributed by atoms with Gasteiger partial charge in [0.15, 0.2) is 0 Å². The van der Waals surface area contributed by atoms with Crippen molar-refractivity contribution in [3.63, 3.8) is 0 Å². The molecule has 0 radical (unpaired) electrons. The Morgan fingerprint density at radius 1 is 1.39 bits per heavy atom. The maximum absolute atomic E-state index is 12.2. The first-order valence-electron chi connectivity index (χ1n) is 8.37. The van der Waals surface area contributed by atoms with Crippen LogP contribution < -0.4 is 10.1 Å². The number of nitrogens with zero attached hydrogens (tertiary/aromatic N) is 1.